The molecule has 5 heteroatoms. The maximum Gasteiger partial charge on any atom is 0.418 e. The van der Waals surface area contributed by atoms with Gasteiger partial charge in [-0.05, 0) is 42.9 Å². The van der Waals surface area contributed by atoms with E-state index >= 15 is 0 Å². The number of fused-ring (bicyclic) bond motifs is 1. The van der Waals surface area contributed by atoms with Crippen LogP contribution in [0.25, 0.3) is 0 Å². The number of nitriles is 1. The molecule has 17 heavy (non-hydrogen) atoms. The maximum atomic E-state index is 13.0. The highest BCUT2D eigenvalue weighted by Crippen LogP contribution is 2.40. The number of nitrogens with two attached hydrogens (primary N) is 1. The van der Waals surface area contributed by atoms with Gasteiger partial charge in [0.15, 0.2) is 0 Å². The van der Waals surface area contributed by atoms with Crippen molar-refractivity contribution >= 4 is 5.69 Å². The summed E-state index contributed by atoms with van der Waals surface area (Å²) in [6.07, 6.45) is -1.93. The molecule has 0 unspecified atom stereocenters. The van der Waals surface area contributed by atoms with Gasteiger partial charge >= 0.3 is 6.18 Å². The molecule has 0 amide bonds. The molecule has 1 aromatic carbocycles. The van der Waals surface area contributed by atoms with Crippen LogP contribution in [0.2, 0.25) is 0 Å². The molecule has 90 valence electrons. The monoisotopic (exact) mass is 240 g/mol. The molecule has 0 saturated carbocycles. The van der Waals surface area contributed by atoms with Crippen molar-refractivity contribution in [2.75, 3.05) is 5.73 Å². The Morgan fingerprint density at radius 1 is 1.24 bits per heavy atom. The lowest BCUT2D eigenvalue weighted by atomic mass is 9.85. The Morgan fingerprint density at radius 2 is 1.88 bits per heavy atom. The molecule has 0 bridgehead atoms. The Morgan fingerprint density at radius 3 is 2.47 bits per heavy atom. The van der Waals surface area contributed by atoms with Gasteiger partial charge in [-0.15, -0.1) is 0 Å². The lowest BCUT2D eigenvalue weighted by molar-refractivity contribution is -0.138. The van der Waals surface area contributed by atoms with Crippen LogP contribution in [-0.4, -0.2) is 0 Å². The quantitative estimate of drug-likeness (QED) is 0.708. The molecule has 2 nitrogen and oxygen atoms in total. The van der Waals surface area contributed by atoms with Crippen molar-refractivity contribution < 1.29 is 13.2 Å². The van der Waals surface area contributed by atoms with E-state index in [0.717, 1.165) is 12.8 Å². The third-order valence-electron chi connectivity index (χ3n) is 3.08. The predicted molar refractivity (Wildman–Crippen MR) is 57.2 cm³/mol. The minimum atomic E-state index is -4.51. The van der Waals surface area contributed by atoms with E-state index < -0.39 is 17.3 Å². The predicted octanol–water partition coefficient (Wildman–Crippen LogP) is 3.04. The highest BCUT2D eigenvalue weighted by Gasteiger charge is 2.38. The van der Waals surface area contributed by atoms with Crippen LogP contribution in [0.1, 0.15) is 35.1 Å². The van der Waals surface area contributed by atoms with E-state index in [2.05, 4.69) is 0 Å². The van der Waals surface area contributed by atoms with Gasteiger partial charge in [-0.2, -0.15) is 18.4 Å². The Balaban J connectivity index is 2.76. The van der Waals surface area contributed by atoms with E-state index in [1.165, 1.54) is 6.07 Å². The van der Waals surface area contributed by atoms with Crippen LogP contribution in [0.4, 0.5) is 18.9 Å². The molecule has 0 radical (unpaired) electrons. The molecule has 0 spiro atoms. The molecular weight excluding hydrogens is 229 g/mol. The maximum absolute atomic E-state index is 13.0. The Bertz CT molecular complexity index is 498. The second-order valence-electron chi connectivity index (χ2n) is 4.17. The molecule has 0 aromatic heterocycles. The highest BCUT2D eigenvalue weighted by atomic mass is 19.4. The molecule has 0 atom stereocenters. The summed E-state index contributed by atoms with van der Waals surface area (Å²) >= 11 is 0. The van der Waals surface area contributed by atoms with Gasteiger partial charge in [0.1, 0.15) is 6.07 Å². The summed E-state index contributed by atoms with van der Waals surface area (Å²) in [4.78, 5) is 0. The lowest BCUT2D eigenvalue weighted by Crippen LogP contribution is -2.18. The standard InChI is InChI=1S/C12H11F3N2/c13-12(14,15)11-8-4-2-1-3-7(8)5-10(17)9(11)6-16/h5H,1-4,17H2. The first-order valence-corrected chi connectivity index (χ1v) is 5.36. The van der Waals surface area contributed by atoms with Crippen LogP contribution in [0, 0.1) is 11.3 Å². The Labute approximate surface area is 96.8 Å². The van der Waals surface area contributed by atoms with Crippen LogP contribution in [-0.2, 0) is 19.0 Å². The summed E-state index contributed by atoms with van der Waals surface area (Å²) in [5.74, 6) is 0. The Hall–Kier alpha value is -1.70. The number of nitrogen functional groups attached to an aromatic ring is 1. The van der Waals surface area contributed by atoms with Crippen molar-refractivity contribution in [3.05, 3.63) is 28.3 Å². The first-order valence-electron chi connectivity index (χ1n) is 5.36. The van der Waals surface area contributed by atoms with Crippen molar-refractivity contribution in [1.29, 1.82) is 5.26 Å². The molecule has 0 saturated heterocycles. The fourth-order valence-corrected chi connectivity index (χ4v) is 2.36. The molecule has 1 aromatic rings. The minimum absolute atomic E-state index is 0.0690. The van der Waals surface area contributed by atoms with Crippen molar-refractivity contribution in [3.63, 3.8) is 0 Å². The topological polar surface area (TPSA) is 49.8 Å². The first kappa shape index (κ1) is 11.8. The largest absolute Gasteiger partial charge is 0.418 e. The van der Waals surface area contributed by atoms with Gasteiger partial charge in [0.25, 0.3) is 0 Å². The number of benzene rings is 1. The molecule has 0 heterocycles. The number of hydrogen-bond acceptors (Lipinski definition) is 2. The van der Waals surface area contributed by atoms with Crippen molar-refractivity contribution in [3.8, 4) is 6.07 Å². The summed E-state index contributed by atoms with van der Waals surface area (Å²) in [6.45, 7) is 0. The summed E-state index contributed by atoms with van der Waals surface area (Å²) in [6, 6.07) is 3.09. The van der Waals surface area contributed by atoms with Crippen molar-refractivity contribution in [2.45, 2.75) is 31.9 Å². The summed E-state index contributed by atoms with van der Waals surface area (Å²) in [7, 11) is 0. The van der Waals surface area contributed by atoms with Crippen LogP contribution in [0.15, 0.2) is 6.07 Å². The van der Waals surface area contributed by atoms with Gasteiger partial charge in [0.05, 0.1) is 16.8 Å². The number of aryl methyl sites for hydroxylation is 1. The number of rotatable bonds is 0. The molecule has 0 aliphatic heterocycles. The number of halogens is 3. The minimum Gasteiger partial charge on any atom is -0.398 e. The summed E-state index contributed by atoms with van der Waals surface area (Å²) in [5, 5.41) is 8.83. The molecular formula is C12H11F3N2. The van der Waals surface area contributed by atoms with E-state index in [0.29, 0.717) is 18.4 Å². The van der Waals surface area contributed by atoms with Crippen LogP contribution < -0.4 is 5.73 Å². The number of hydrogen-bond donors (Lipinski definition) is 1. The average molecular weight is 240 g/mol. The summed E-state index contributed by atoms with van der Waals surface area (Å²) < 4.78 is 39.0. The number of anilines is 1. The fourth-order valence-electron chi connectivity index (χ4n) is 2.36. The smallest absolute Gasteiger partial charge is 0.398 e. The van der Waals surface area contributed by atoms with E-state index in [-0.39, 0.29) is 11.3 Å². The summed E-state index contributed by atoms with van der Waals surface area (Å²) in [5.41, 5.74) is 5.10. The van der Waals surface area contributed by atoms with Gasteiger partial charge < -0.3 is 5.73 Å². The molecule has 1 aliphatic rings. The third-order valence-corrected chi connectivity index (χ3v) is 3.08. The van der Waals surface area contributed by atoms with Gasteiger partial charge in [-0.3, -0.25) is 0 Å². The van der Waals surface area contributed by atoms with Crippen molar-refractivity contribution in [2.24, 2.45) is 0 Å². The Kier molecular flexibility index (Phi) is 2.74. The van der Waals surface area contributed by atoms with Gasteiger partial charge in [-0.1, -0.05) is 0 Å². The normalized spacial score (nSPS) is 15.2. The van der Waals surface area contributed by atoms with Gasteiger partial charge in [-0.25, -0.2) is 0 Å². The van der Waals surface area contributed by atoms with Gasteiger partial charge in [0.2, 0.25) is 0 Å². The van der Waals surface area contributed by atoms with Crippen LogP contribution in [0.5, 0.6) is 0 Å². The third kappa shape index (κ3) is 1.95. The van der Waals surface area contributed by atoms with E-state index in [1.807, 2.05) is 0 Å². The molecule has 2 rings (SSSR count). The zero-order valence-corrected chi connectivity index (χ0v) is 9.06. The second-order valence-corrected chi connectivity index (χ2v) is 4.17. The van der Waals surface area contributed by atoms with Gasteiger partial charge in [0, 0.05) is 0 Å². The zero-order valence-electron chi connectivity index (χ0n) is 9.06. The van der Waals surface area contributed by atoms with Crippen molar-refractivity contribution in [1.82, 2.24) is 0 Å². The average Bonchev–Trinajstić information content (AvgIpc) is 2.25. The number of alkyl halides is 3. The second kappa shape index (κ2) is 3.95. The lowest BCUT2D eigenvalue weighted by Gasteiger charge is -2.23. The molecule has 2 N–H and O–H groups in total. The van der Waals surface area contributed by atoms with E-state index in [9.17, 15) is 13.2 Å². The van der Waals surface area contributed by atoms with E-state index in [4.69, 9.17) is 11.0 Å². The molecule has 1 aliphatic carbocycles. The van der Waals surface area contributed by atoms with Crippen LogP contribution in [0.3, 0.4) is 0 Å². The highest BCUT2D eigenvalue weighted by molar-refractivity contribution is 5.64. The fraction of sp³-hybridized carbons (Fsp3) is 0.417. The first-order chi connectivity index (χ1) is 7.95. The molecule has 0 fully saturated rings. The SMILES string of the molecule is N#Cc1c(N)cc2c(c1C(F)(F)F)CCCC2. The van der Waals surface area contributed by atoms with E-state index in [1.54, 1.807) is 6.07 Å². The van der Waals surface area contributed by atoms with Crippen LogP contribution >= 0.6 is 0 Å². The zero-order chi connectivity index (χ0) is 12.6. The number of nitrogens with zero attached hydrogens (tertiary/aromatic N) is 1.